The molecule has 0 fully saturated rings. The molecule has 1 heterocycles. The van der Waals surface area contributed by atoms with E-state index in [4.69, 9.17) is 0 Å². The largest absolute Gasteiger partial charge is 0.465 e. The molecule has 1 aromatic carbocycles. The van der Waals surface area contributed by atoms with Crippen molar-refractivity contribution >= 4 is 5.97 Å². The first-order valence-electron chi connectivity index (χ1n) is 4.45. The molecule has 0 aliphatic carbocycles. The van der Waals surface area contributed by atoms with Gasteiger partial charge in [0.05, 0.1) is 12.7 Å². The van der Waals surface area contributed by atoms with Crippen LogP contribution >= 0.6 is 0 Å². The highest BCUT2D eigenvalue weighted by Gasteiger charge is 2.07. The number of methoxy groups -OCH3 is 1. The smallest absolute Gasteiger partial charge is 0.439 e. The summed E-state index contributed by atoms with van der Waals surface area (Å²) in [5.41, 5.74) is 1.08. The zero-order valence-electron chi connectivity index (χ0n) is 8.39. The highest BCUT2D eigenvalue weighted by Crippen LogP contribution is 2.14. The topological polar surface area (TPSA) is 85.2 Å². The molecule has 0 saturated carbocycles. The summed E-state index contributed by atoms with van der Waals surface area (Å²) >= 11 is 0. The lowest BCUT2D eigenvalue weighted by atomic mass is 10.1. The molecule has 0 saturated heterocycles. The van der Waals surface area contributed by atoms with Gasteiger partial charge in [-0.05, 0) is 12.1 Å². The molecule has 16 heavy (non-hydrogen) atoms. The molecule has 0 bridgehead atoms. The summed E-state index contributed by atoms with van der Waals surface area (Å²) in [5.74, 6) is -0.714. The van der Waals surface area contributed by atoms with Crippen molar-refractivity contribution in [1.82, 2.24) is 10.1 Å². The highest BCUT2D eigenvalue weighted by molar-refractivity contribution is 5.89. The second kappa shape index (κ2) is 4.01. The average Bonchev–Trinajstić information content (AvgIpc) is 2.75. The van der Waals surface area contributed by atoms with Gasteiger partial charge in [0.2, 0.25) is 0 Å². The van der Waals surface area contributed by atoms with Crippen LogP contribution in [0.4, 0.5) is 0 Å². The molecule has 0 spiro atoms. The summed E-state index contributed by atoms with van der Waals surface area (Å²) in [7, 11) is 1.31. The quantitative estimate of drug-likeness (QED) is 0.757. The summed E-state index contributed by atoms with van der Waals surface area (Å²) in [6.07, 6.45) is 0. The summed E-state index contributed by atoms with van der Waals surface area (Å²) in [5, 5.41) is 3.52. The number of H-pyrrole nitrogens is 1. The van der Waals surface area contributed by atoms with Crippen LogP contribution in [0.3, 0.4) is 0 Å². The minimum atomic E-state index is -0.618. The molecule has 2 rings (SSSR count). The number of carbonyl (C=O) groups is 1. The minimum Gasteiger partial charge on any atom is -0.465 e. The number of esters is 1. The van der Waals surface area contributed by atoms with Crippen LogP contribution < -0.4 is 5.76 Å². The van der Waals surface area contributed by atoms with Gasteiger partial charge in [-0.2, -0.15) is 0 Å². The third-order valence-electron chi connectivity index (χ3n) is 2.02. The molecule has 1 aromatic heterocycles. The van der Waals surface area contributed by atoms with Crippen molar-refractivity contribution in [3.8, 4) is 11.4 Å². The van der Waals surface area contributed by atoms with E-state index in [1.165, 1.54) is 7.11 Å². The van der Waals surface area contributed by atoms with Crippen LogP contribution in [0.25, 0.3) is 11.4 Å². The molecule has 2 aromatic rings. The van der Waals surface area contributed by atoms with Crippen LogP contribution in [-0.4, -0.2) is 23.2 Å². The Balaban J connectivity index is 2.32. The van der Waals surface area contributed by atoms with E-state index in [2.05, 4.69) is 19.4 Å². The van der Waals surface area contributed by atoms with Crippen LogP contribution in [-0.2, 0) is 4.74 Å². The van der Waals surface area contributed by atoms with Crippen molar-refractivity contribution in [3.05, 3.63) is 40.4 Å². The molecule has 6 heteroatoms. The standard InChI is InChI=1S/C10H8N2O4/c1-15-9(13)7-4-2-6(3-5-7)8-11-10(14)16-12-8/h2-5H,1H3,(H,11,12,14). The van der Waals surface area contributed by atoms with Gasteiger partial charge in [0.25, 0.3) is 0 Å². The normalized spacial score (nSPS) is 10.1. The molecule has 0 amide bonds. The van der Waals surface area contributed by atoms with Gasteiger partial charge < -0.3 is 4.74 Å². The summed E-state index contributed by atoms with van der Waals surface area (Å²) in [6.45, 7) is 0. The number of aromatic nitrogens is 2. The second-order valence-electron chi connectivity index (χ2n) is 3.01. The maximum absolute atomic E-state index is 11.2. The Bertz CT molecular complexity index is 553. The van der Waals surface area contributed by atoms with E-state index < -0.39 is 11.7 Å². The Kier molecular flexibility index (Phi) is 2.55. The average molecular weight is 220 g/mol. The first-order chi connectivity index (χ1) is 7.70. The van der Waals surface area contributed by atoms with Crippen LogP contribution in [0.5, 0.6) is 0 Å². The fourth-order valence-corrected chi connectivity index (χ4v) is 1.24. The van der Waals surface area contributed by atoms with Crippen molar-refractivity contribution < 1.29 is 14.1 Å². The lowest BCUT2D eigenvalue weighted by Crippen LogP contribution is -2.00. The second-order valence-corrected chi connectivity index (χ2v) is 3.01. The van der Waals surface area contributed by atoms with E-state index >= 15 is 0 Å². The molecule has 82 valence electrons. The molecule has 1 N–H and O–H groups in total. The van der Waals surface area contributed by atoms with Gasteiger partial charge in [0.15, 0.2) is 5.82 Å². The molecule has 0 unspecified atom stereocenters. The van der Waals surface area contributed by atoms with Gasteiger partial charge in [0, 0.05) is 5.56 Å². The fraction of sp³-hybridized carbons (Fsp3) is 0.100. The Labute approximate surface area is 89.8 Å². The van der Waals surface area contributed by atoms with Crippen molar-refractivity contribution in [2.75, 3.05) is 7.11 Å². The molecule has 0 aliphatic rings. The van der Waals surface area contributed by atoms with Gasteiger partial charge in [0.1, 0.15) is 0 Å². The summed E-state index contributed by atoms with van der Waals surface area (Å²) in [4.78, 5) is 24.3. The Hall–Kier alpha value is -2.37. The van der Waals surface area contributed by atoms with E-state index in [-0.39, 0.29) is 0 Å². The summed E-state index contributed by atoms with van der Waals surface area (Å²) in [6, 6.07) is 6.43. The lowest BCUT2D eigenvalue weighted by molar-refractivity contribution is 0.0601. The highest BCUT2D eigenvalue weighted by atomic mass is 16.5. The van der Waals surface area contributed by atoms with E-state index in [0.717, 1.165) is 0 Å². The summed E-state index contributed by atoms with van der Waals surface area (Å²) < 4.78 is 8.92. The Morgan fingerprint density at radius 2 is 2.06 bits per heavy atom. The third-order valence-corrected chi connectivity index (χ3v) is 2.02. The van der Waals surface area contributed by atoms with E-state index in [1.54, 1.807) is 24.3 Å². The van der Waals surface area contributed by atoms with Gasteiger partial charge in [-0.15, -0.1) is 0 Å². The van der Waals surface area contributed by atoms with Gasteiger partial charge in [-0.25, -0.2) is 9.59 Å². The number of hydrogen-bond donors (Lipinski definition) is 1. The number of ether oxygens (including phenoxy) is 1. The molecule has 0 aliphatic heterocycles. The number of nitrogens with zero attached hydrogens (tertiary/aromatic N) is 1. The van der Waals surface area contributed by atoms with Gasteiger partial charge in [-0.1, -0.05) is 17.3 Å². The number of rotatable bonds is 2. The van der Waals surface area contributed by atoms with Crippen LogP contribution in [0.15, 0.2) is 33.6 Å². The SMILES string of the molecule is COC(=O)c1ccc(-c2noc(=O)[nH]2)cc1. The van der Waals surface area contributed by atoms with E-state index in [0.29, 0.717) is 17.0 Å². The maximum atomic E-state index is 11.2. The fourth-order valence-electron chi connectivity index (χ4n) is 1.24. The molecule has 0 atom stereocenters. The monoisotopic (exact) mass is 220 g/mol. The van der Waals surface area contributed by atoms with E-state index in [1.807, 2.05) is 0 Å². The zero-order chi connectivity index (χ0) is 11.5. The number of benzene rings is 1. The van der Waals surface area contributed by atoms with Crippen molar-refractivity contribution in [2.45, 2.75) is 0 Å². The van der Waals surface area contributed by atoms with Crippen molar-refractivity contribution in [3.63, 3.8) is 0 Å². The maximum Gasteiger partial charge on any atom is 0.439 e. The number of nitrogens with one attached hydrogen (secondary N) is 1. The molecular formula is C10H8N2O4. The first-order valence-corrected chi connectivity index (χ1v) is 4.45. The van der Waals surface area contributed by atoms with Crippen LogP contribution in [0, 0.1) is 0 Å². The van der Waals surface area contributed by atoms with Crippen molar-refractivity contribution in [2.24, 2.45) is 0 Å². The minimum absolute atomic E-state index is 0.321. The first kappa shape index (κ1) is 10.2. The Morgan fingerprint density at radius 1 is 1.38 bits per heavy atom. The number of hydrogen-bond acceptors (Lipinski definition) is 5. The zero-order valence-corrected chi connectivity index (χ0v) is 8.39. The van der Waals surface area contributed by atoms with Gasteiger partial charge >= 0.3 is 11.7 Å². The van der Waals surface area contributed by atoms with Crippen LogP contribution in [0.1, 0.15) is 10.4 Å². The predicted octanol–water partition coefficient (Wildman–Crippen LogP) is 0.816. The molecule has 0 radical (unpaired) electrons. The van der Waals surface area contributed by atoms with Crippen LogP contribution in [0.2, 0.25) is 0 Å². The third kappa shape index (κ3) is 1.85. The van der Waals surface area contributed by atoms with Gasteiger partial charge in [-0.3, -0.25) is 9.51 Å². The van der Waals surface area contributed by atoms with Crippen molar-refractivity contribution in [1.29, 1.82) is 0 Å². The number of aromatic amines is 1. The predicted molar refractivity (Wildman–Crippen MR) is 53.9 cm³/mol. The molecule has 6 nitrogen and oxygen atoms in total. The Morgan fingerprint density at radius 3 is 2.56 bits per heavy atom. The van der Waals surface area contributed by atoms with E-state index in [9.17, 15) is 9.59 Å². The molecular weight excluding hydrogens is 212 g/mol. The number of carbonyl (C=O) groups excluding carboxylic acids is 1. The lowest BCUT2D eigenvalue weighted by Gasteiger charge is -1.99.